The van der Waals surface area contributed by atoms with E-state index >= 15 is 0 Å². The molecule has 8 heteroatoms. The number of aromatic nitrogens is 1. The zero-order valence-electron chi connectivity index (χ0n) is 17.1. The highest BCUT2D eigenvalue weighted by Gasteiger charge is 2.72. The number of carboxylic acids is 1. The van der Waals surface area contributed by atoms with E-state index in [1.165, 1.54) is 0 Å². The van der Waals surface area contributed by atoms with Gasteiger partial charge in [-0.3, -0.25) is 0 Å². The van der Waals surface area contributed by atoms with Crippen molar-refractivity contribution in [3.05, 3.63) is 35.6 Å². The van der Waals surface area contributed by atoms with Crippen LogP contribution < -0.4 is 4.74 Å². The van der Waals surface area contributed by atoms with Gasteiger partial charge in [0, 0.05) is 11.5 Å². The fraction of sp³-hybridized carbons (Fsp3) is 0.476. The van der Waals surface area contributed by atoms with Crippen molar-refractivity contribution in [3.63, 3.8) is 0 Å². The third-order valence-corrected chi connectivity index (χ3v) is 8.24. The molecule has 4 rings (SSSR count). The van der Waals surface area contributed by atoms with Crippen LogP contribution in [0.4, 0.5) is 0 Å². The van der Waals surface area contributed by atoms with E-state index in [1.807, 2.05) is 49.9 Å². The number of aliphatic carboxylic acids is 1. The number of benzene rings is 1. The van der Waals surface area contributed by atoms with Crippen LogP contribution in [0.25, 0.3) is 11.3 Å². The molecule has 2 aromatic rings. The van der Waals surface area contributed by atoms with Gasteiger partial charge in [0.25, 0.3) is 0 Å². The Morgan fingerprint density at radius 2 is 2.03 bits per heavy atom. The molecule has 0 saturated carbocycles. The van der Waals surface area contributed by atoms with Gasteiger partial charge in [0.05, 0.1) is 27.3 Å². The predicted molar refractivity (Wildman–Crippen MR) is 116 cm³/mol. The Kier molecular flexibility index (Phi) is 4.70. The Morgan fingerprint density at radius 3 is 2.62 bits per heavy atom. The van der Waals surface area contributed by atoms with Crippen molar-refractivity contribution >= 4 is 34.9 Å². The van der Waals surface area contributed by atoms with E-state index in [0.29, 0.717) is 28.6 Å². The molecule has 154 valence electrons. The predicted octanol–water partition coefficient (Wildman–Crippen LogP) is 4.46. The van der Waals surface area contributed by atoms with Gasteiger partial charge in [0.1, 0.15) is 17.2 Å². The molecule has 29 heavy (non-hydrogen) atoms. The number of carboxylic acid groups (broad SMARTS) is 1. The van der Waals surface area contributed by atoms with E-state index in [0.717, 1.165) is 11.3 Å². The number of aryl methyl sites for hydroxylation is 1. The summed E-state index contributed by atoms with van der Waals surface area (Å²) in [6.45, 7) is 10.3. The fourth-order valence-corrected chi connectivity index (χ4v) is 6.86. The Morgan fingerprint density at radius 1 is 1.38 bits per heavy atom. The Labute approximate surface area is 179 Å². The van der Waals surface area contributed by atoms with E-state index in [-0.39, 0.29) is 11.3 Å². The molecule has 0 spiro atoms. The normalized spacial score (nSPS) is 27.5. The van der Waals surface area contributed by atoms with Gasteiger partial charge in [-0.05, 0) is 52.0 Å². The number of thioether (sulfide) groups is 1. The van der Waals surface area contributed by atoms with Gasteiger partial charge in [0.2, 0.25) is 0 Å². The van der Waals surface area contributed by atoms with Crippen LogP contribution in [0.15, 0.2) is 28.8 Å². The molecule has 2 saturated heterocycles. The van der Waals surface area contributed by atoms with Crippen LogP contribution in [0.5, 0.6) is 5.75 Å². The topological polar surface area (TPSA) is 75.8 Å². The largest absolute Gasteiger partial charge is 0.494 e. The van der Waals surface area contributed by atoms with Gasteiger partial charge in [-0.2, -0.15) is 0 Å². The van der Waals surface area contributed by atoms with Crippen molar-refractivity contribution in [2.75, 3.05) is 6.61 Å². The molecule has 1 aromatic carbocycles. The van der Waals surface area contributed by atoms with Crippen LogP contribution in [0, 0.1) is 12.8 Å². The second-order valence-corrected chi connectivity index (χ2v) is 10.1. The lowest BCUT2D eigenvalue weighted by Crippen LogP contribution is -2.67. The number of hydrogen-bond donors (Lipinski definition) is 1. The van der Waals surface area contributed by atoms with Gasteiger partial charge >= 0.3 is 5.97 Å². The van der Waals surface area contributed by atoms with Crippen LogP contribution >= 0.6 is 24.0 Å². The number of hydrogen-bond acceptors (Lipinski definition) is 6. The van der Waals surface area contributed by atoms with Crippen molar-refractivity contribution in [2.45, 2.75) is 50.3 Å². The molecular formula is C21H24N2O4S2. The summed E-state index contributed by atoms with van der Waals surface area (Å²) in [6.07, 6.45) is 0. The second kappa shape index (κ2) is 6.74. The van der Waals surface area contributed by atoms with Gasteiger partial charge in [-0.25, -0.2) is 4.79 Å². The van der Waals surface area contributed by atoms with Crippen LogP contribution in [-0.4, -0.2) is 42.8 Å². The average Bonchev–Trinajstić information content (AvgIpc) is 3.16. The molecule has 0 amide bonds. The summed E-state index contributed by atoms with van der Waals surface area (Å²) < 4.78 is 10.4. The van der Waals surface area contributed by atoms with Gasteiger partial charge < -0.3 is 19.3 Å². The maximum atomic E-state index is 13.0. The summed E-state index contributed by atoms with van der Waals surface area (Å²) in [5, 5.41) is 14.9. The van der Waals surface area contributed by atoms with Crippen LogP contribution in [0.1, 0.15) is 39.0 Å². The van der Waals surface area contributed by atoms with Crippen LogP contribution in [0.2, 0.25) is 0 Å². The van der Waals surface area contributed by atoms with Gasteiger partial charge in [0.15, 0.2) is 5.54 Å². The molecular weight excluding hydrogens is 408 g/mol. The summed E-state index contributed by atoms with van der Waals surface area (Å²) in [5.74, 6) is 0.461. The van der Waals surface area contributed by atoms with E-state index in [2.05, 4.69) is 12.1 Å². The minimum Gasteiger partial charge on any atom is -0.494 e. The number of rotatable bonds is 5. The number of nitrogens with zero attached hydrogens (tertiary/aromatic N) is 2. The van der Waals surface area contributed by atoms with Crippen LogP contribution in [0.3, 0.4) is 0 Å². The lowest BCUT2D eigenvalue weighted by Gasteiger charge is -2.51. The molecule has 0 radical (unpaired) electrons. The summed E-state index contributed by atoms with van der Waals surface area (Å²) in [6, 6.07) is 7.47. The highest BCUT2D eigenvalue weighted by atomic mass is 32.2. The zero-order valence-corrected chi connectivity index (χ0v) is 18.7. The Bertz CT molecular complexity index is 985. The molecule has 0 aliphatic carbocycles. The zero-order chi connectivity index (χ0) is 21.1. The summed E-state index contributed by atoms with van der Waals surface area (Å²) in [5.41, 5.74) is 0.530. The summed E-state index contributed by atoms with van der Waals surface area (Å²) in [4.78, 5) is 15.5. The summed E-state index contributed by atoms with van der Waals surface area (Å²) in [7, 11) is 0. The van der Waals surface area contributed by atoms with Crippen molar-refractivity contribution < 1.29 is 19.2 Å². The van der Waals surface area contributed by atoms with E-state index < -0.39 is 16.3 Å². The minimum atomic E-state index is -1.36. The SMILES string of the molecule is CCOc1ccc(-c2noc(C)c2[C@@]2(C(=O)O)N3C(=S)[C@@H](C)[C@H]3SC2(C)C)cc1. The van der Waals surface area contributed by atoms with Gasteiger partial charge in [-0.1, -0.05) is 24.3 Å². The number of ether oxygens (including phenoxy) is 1. The van der Waals surface area contributed by atoms with Gasteiger partial charge in [-0.15, -0.1) is 11.8 Å². The molecule has 6 nitrogen and oxygen atoms in total. The third kappa shape index (κ3) is 2.58. The molecule has 3 atom stereocenters. The molecule has 3 heterocycles. The van der Waals surface area contributed by atoms with E-state index in [4.69, 9.17) is 21.5 Å². The van der Waals surface area contributed by atoms with Crippen molar-refractivity contribution in [3.8, 4) is 17.0 Å². The van der Waals surface area contributed by atoms with E-state index in [9.17, 15) is 9.90 Å². The first-order valence-electron chi connectivity index (χ1n) is 9.61. The summed E-state index contributed by atoms with van der Waals surface area (Å²) >= 11 is 7.27. The monoisotopic (exact) mass is 432 g/mol. The fourth-order valence-electron chi connectivity index (χ4n) is 4.56. The first kappa shape index (κ1) is 20.2. The van der Waals surface area contributed by atoms with Crippen molar-refractivity contribution in [2.24, 2.45) is 5.92 Å². The van der Waals surface area contributed by atoms with E-state index in [1.54, 1.807) is 18.7 Å². The first-order chi connectivity index (χ1) is 13.7. The maximum Gasteiger partial charge on any atom is 0.336 e. The average molecular weight is 433 g/mol. The first-order valence-corrected chi connectivity index (χ1v) is 10.9. The number of fused-ring (bicyclic) bond motifs is 1. The standard InChI is InChI=1S/C21H24N2O4S2/c1-6-26-14-9-7-13(8-10-14)16-15(12(3)27-22-16)21(19(24)25)20(4,5)29-18-11(2)17(28)23(18)21/h7-11,18H,6H2,1-5H3,(H,24,25)/t11-,18-,21+/m1/s1. The van der Waals surface area contributed by atoms with Crippen molar-refractivity contribution in [1.29, 1.82) is 0 Å². The van der Waals surface area contributed by atoms with Crippen molar-refractivity contribution in [1.82, 2.24) is 10.1 Å². The molecule has 1 N–H and O–H groups in total. The Balaban J connectivity index is 1.92. The second-order valence-electron chi connectivity index (χ2n) is 7.95. The molecule has 2 aliphatic rings. The molecule has 1 aromatic heterocycles. The smallest absolute Gasteiger partial charge is 0.336 e. The molecule has 2 fully saturated rings. The molecule has 0 unspecified atom stereocenters. The maximum absolute atomic E-state index is 13.0. The third-order valence-electron chi connectivity index (χ3n) is 5.93. The quantitative estimate of drug-likeness (QED) is 0.694. The minimum absolute atomic E-state index is 0.0241. The highest BCUT2D eigenvalue weighted by Crippen LogP contribution is 2.64. The highest BCUT2D eigenvalue weighted by molar-refractivity contribution is 8.01. The lowest BCUT2D eigenvalue weighted by molar-refractivity contribution is -0.152. The molecule has 2 aliphatic heterocycles. The number of thiocarbonyl (C=S) groups is 1. The lowest BCUT2D eigenvalue weighted by atomic mass is 9.73. The molecule has 0 bridgehead atoms. The number of carbonyl (C=O) groups is 1. The Hall–Kier alpha value is -2.06. The van der Waals surface area contributed by atoms with Crippen LogP contribution in [-0.2, 0) is 10.3 Å².